The van der Waals surface area contributed by atoms with Gasteiger partial charge in [-0.3, -0.25) is 0 Å². The van der Waals surface area contributed by atoms with Crippen molar-refractivity contribution in [2.45, 2.75) is 0 Å². The number of ether oxygens (including phenoxy) is 2. The molecule has 0 saturated heterocycles. The minimum Gasteiger partial charge on any atom is -0.364 e. The van der Waals surface area contributed by atoms with Crippen LogP contribution in [-0.4, -0.2) is 49.7 Å². The predicted molar refractivity (Wildman–Crippen MR) is 60.4 cm³/mol. The molecule has 3 N–H and O–H groups in total. The third-order valence-corrected chi connectivity index (χ3v) is 1.61. The van der Waals surface area contributed by atoms with E-state index in [1.54, 1.807) is 21.3 Å². The molecule has 0 aliphatic heterocycles. The van der Waals surface area contributed by atoms with Crippen LogP contribution in [0, 0.1) is 0 Å². The largest absolute Gasteiger partial charge is 0.364 e. The molecule has 8 nitrogen and oxygen atoms in total. The van der Waals surface area contributed by atoms with Crippen LogP contribution in [0.5, 0.6) is 0 Å². The molecule has 0 amide bonds. The van der Waals surface area contributed by atoms with Gasteiger partial charge in [0.05, 0.1) is 0 Å². The molecule has 1 aromatic rings. The summed E-state index contributed by atoms with van der Waals surface area (Å²) in [6.45, 7) is 0.660. The normalized spacial score (nSPS) is 9.94. The minimum absolute atomic E-state index is 0.330. The number of nitrogens with one attached hydrogen (secondary N) is 3. The highest BCUT2D eigenvalue weighted by molar-refractivity contribution is 5.41. The zero-order chi connectivity index (χ0) is 11.8. The lowest BCUT2D eigenvalue weighted by Gasteiger charge is -2.08. The Morgan fingerprint density at radius 1 is 0.875 bits per heavy atom. The maximum absolute atomic E-state index is 4.86. The van der Waals surface area contributed by atoms with Crippen LogP contribution in [0.25, 0.3) is 0 Å². The van der Waals surface area contributed by atoms with E-state index in [9.17, 15) is 0 Å². The highest BCUT2D eigenvalue weighted by atomic mass is 16.5. The molecule has 0 fully saturated rings. The van der Waals surface area contributed by atoms with E-state index in [2.05, 4.69) is 30.9 Å². The van der Waals surface area contributed by atoms with Crippen LogP contribution in [0.3, 0.4) is 0 Å². The molecule has 1 rings (SSSR count). The Bertz CT molecular complexity index is 295. The smallest absolute Gasteiger partial charge is 0.231 e. The van der Waals surface area contributed by atoms with E-state index in [4.69, 9.17) is 9.47 Å². The predicted octanol–water partition coefficient (Wildman–Crippen LogP) is -0.0551. The van der Waals surface area contributed by atoms with E-state index in [0.717, 1.165) is 0 Å². The number of methoxy groups -OCH3 is 2. The summed E-state index contributed by atoms with van der Waals surface area (Å²) in [5.74, 6) is 1.33. The fraction of sp³-hybridized carbons (Fsp3) is 0.625. The summed E-state index contributed by atoms with van der Waals surface area (Å²) in [4.78, 5) is 12.3. The first kappa shape index (κ1) is 12.4. The van der Waals surface area contributed by atoms with Crippen LogP contribution in [0.4, 0.5) is 17.8 Å². The number of hydrogen-bond donors (Lipinski definition) is 3. The summed E-state index contributed by atoms with van der Waals surface area (Å²) in [7, 11) is 4.89. The summed E-state index contributed by atoms with van der Waals surface area (Å²) in [6.07, 6.45) is 0. The van der Waals surface area contributed by atoms with Gasteiger partial charge in [0.2, 0.25) is 17.8 Å². The van der Waals surface area contributed by atoms with Crippen molar-refractivity contribution < 1.29 is 9.47 Å². The summed E-state index contributed by atoms with van der Waals surface area (Å²) in [5, 5.41) is 8.60. The minimum atomic E-state index is 0.330. The van der Waals surface area contributed by atoms with Gasteiger partial charge in [0.25, 0.3) is 0 Å². The van der Waals surface area contributed by atoms with Gasteiger partial charge in [-0.1, -0.05) is 0 Å². The quantitative estimate of drug-likeness (QED) is 0.559. The summed E-state index contributed by atoms with van der Waals surface area (Å²) >= 11 is 0. The second-order valence-electron chi connectivity index (χ2n) is 2.78. The average Bonchev–Trinajstić information content (AvgIpc) is 2.33. The molecule has 1 heterocycles. The van der Waals surface area contributed by atoms with Crippen LogP contribution in [0.2, 0.25) is 0 Å². The molecule has 0 atom stereocenters. The van der Waals surface area contributed by atoms with Crippen molar-refractivity contribution in [1.29, 1.82) is 0 Å². The third kappa shape index (κ3) is 3.83. The van der Waals surface area contributed by atoms with E-state index in [0.29, 0.717) is 31.3 Å². The first-order valence-corrected chi connectivity index (χ1v) is 4.69. The van der Waals surface area contributed by atoms with Crippen molar-refractivity contribution >= 4 is 17.8 Å². The maximum atomic E-state index is 4.86. The fourth-order valence-electron chi connectivity index (χ4n) is 0.919. The van der Waals surface area contributed by atoms with Crippen molar-refractivity contribution in [2.75, 3.05) is 50.7 Å². The van der Waals surface area contributed by atoms with Gasteiger partial charge in [-0.25, -0.2) is 0 Å². The van der Waals surface area contributed by atoms with Crippen molar-refractivity contribution in [3.63, 3.8) is 0 Å². The number of nitrogens with zero attached hydrogens (tertiary/aromatic N) is 3. The topological polar surface area (TPSA) is 93.2 Å². The first-order valence-electron chi connectivity index (χ1n) is 4.69. The third-order valence-electron chi connectivity index (χ3n) is 1.61. The molecule has 8 heteroatoms. The Hall–Kier alpha value is -1.67. The van der Waals surface area contributed by atoms with E-state index in [-0.39, 0.29) is 0 Å². The standard InChI is InChI=1S/C8H16N6O2/c1-9-6-12-7(10-4-15-2)14-8(13-6)11-5-16-3/h4-5H2,1-3H3,(H3,9,10,11,12,13,14). The van der Waals surface area contributed by atoms with E-state index in [1.165, 1.54) is 0 Å². The Labute approximate surface area is 93.8 Å². The van der Waals surface area contributed by atoms with E-state index >= 15 is 0 Å². The lowest BCUT2D eigenvalue weighted by molar-refractivity contribution is 0.219. The zero-order valence-corrected chi connectivity index (χ0v) is 9.57. The lowest BCUT2D eigenvalue weighted by Crippen LogP contribution is -2.13. The molecular weight excluding hydrogens is 212 g/mol. The monoisotopic (exact) mass is 228 g/mol. The zero-order valence-electron chi connectivity index (χ0n) is 9.57. The molecule has 0 radical (unpaired) electrons. The van der Waals surface area contributed by atoms with Gasteiger partial charge in [0.15, 0.2) is 0 Å². The molecule has 0 bridgehead atoms. The fourth-order valence-corrected chi connectivity index (χ4v) is 0.919. The molecule has 0 aliphatic carbocycles. The van der Waals surface area contributed by atoms with Crippen LogP contribution in [-0.2, 0) is 9.47 Å². The second kappa shape index (κ2) is 6.75. The Morgan fingerprint density at radius 3 is 1.69 bits per heavy atom. The number of aromatic nitrogens is 3. The maximum Gasteiger partial charge on any atom is 0.231 e. The van der Waals surface area contributed by atoms with Crippen molar-refractivity contribution in [1.82, 2.24) is 15.0 Å². The lowest BCUT2D eigenvalue weighted by atomic mass is 10.8. The number of hydrogen-bond acceptors (Lipinski definition) is 8. The van der Waals surface area contributed by atoms with Gasteiger partial charge in [0, 0.05) is 21.3 Å². The number of rotatable bonds is 7. The molecule has 90 valence electrons. The SMILES string of the molecule is CNc1nc(NCOC)nc(NCOC)n1. The van der Waals surface area contributed by atoms with Gasteiger partial charge in [-0.05, 0) is 0 Å². The summed E-state index contributed by atoms with van der Waals surface area (Å²) < 4.78 is 9.73. The molecule has 0 saturated carbocycles. The summed E-state index contributed by atoms with van der Waals surface area (Å²) in [5.41, 5.74) is 0. The molecule has 0 spiro atoms. The van der Waals surface area contributed by atoms with Crippen molar-refractivity contribution in [3.8, 4) is 0 Å². The molecular formula is C8H16N6O2. The molecule has 0 aromatic carbocycles. The average molecular weight is 228 g/mol. The van der Waals surface area contributed by atoms with Gasteiger partial charge in [-0.15, -0.1) is 0 Å². The second-order valence-corrected chi connectivity index (χ2v) is 2.78. The van der Waals surface area contributed by atoms with E-state index in [1.807, 2.05) is 0 Å². The van der Waals surface area contributed by atoms with Crippen LogP contribution >= 0.6 is 0 Å². The van der Waals surface area contributed by atoms with Gasteiger partial charge in [0.1, 0.15) is 13.5 Å². The van der Waals surface area contributed by atoms with Crippen LogP contribution in [0.15, 0.2) is 0 Å². The molecule has 16 heavy (non-hydrogen) atoms. The molecule has 0 unspecified atom stereocenters. The van der Waals surface area contributed by atoms with Crippen LogP contribution in [0.1, 0.15) is 0 Å². The van der Waals surface area contributed by atoms with Crippen molar-refractivity contribution in [2.24, 2.45) is 0 Å². The van der Waals surface area contributed by atoms with Crippen LogP contribution < -0.4 is 16.0 Å². The Morgan fingerprint density at radius 2 is 1.31 bits per heavy atom. The van der Waals surface area contributed by atoms with Crippen molar-refractivity contribution in [3.05, 3.63) is 0 Å². The number of anilines is 3. The van der Waals surface area contributed by atoms with Gasteiger partial charge >= 0.3 is 0 Å². The van der Waals surface area contributed by atoms with Gasteiger partial charge in [-0.2, -0.15) is 15.0 Å². The Kier molecular flexibility index (Phi) is 5.23. The highest BCUT2D eigenvalue weighted by Crippen LogP contribution is 2.08. The van der Waals surface area contributed by atoms with Gasteiger partial charge < -0.3 is 25.4 Å². The first-order chi connectivity index (χ1) is 7.80. The summed E-state index contributed by atoms with van der Waals surface area (Å²) in [6, 6.07) is 0. The highest BCUT2D eigenvalue weighted by Gasteiger charge is 2.04. The molecule has 1 aromatic heterocycles. The van der Waals surface area contributed by atoms with E-state index < -0.39 is 0 Å². The Balaban J connectivity index is 2.74. The molecule has 0 aliphatic rings.